The van der Waals surface area contributed by atoms with E-state index in [9.17, 15) is 18.8 Å². The van der Waals surface area contributed by atoms with E-state index in [1.54, 1.807) is 12.1 Å². The van der Waals surface area contributed by atoms with Gasteiger partial charge in [0.15, 0.2) is 0 Å². The van der Waals surface area contributed by atoms with Crippen LogP contribution in [0, 0.1) is 5.82 Å². The van der Waals surface area contributed by atoms with E-state index in [-0.39, 0.29) is 22.5 Å². The van der Waals surface area contributed by atoms with Crippen molar-refractivity contribution < 1.29 is 23.6 Å². The standard InChI is InChI=1S/C20H14FN3O4/c1-2-17-16(11-22-23(17)13-9-7-12(21)8-10-13)20(27)28-24-18(25)14-5-3-4-6-15(14)19(24)26/h3-11H,2H2,1H3. The van der Waals surface area contributed by atoms with E-state index in [1.165, 1.54) is 47.3 Å². The second kappa shape index (κ2) is 6.73. The molecular formula is C20H14FN3O4. The summed E-state index contributed by atoms with van der Waals surface area (Å²) in [6.07, 6.45) is 1.71. The van der Waals surface area contributed by atoms with Crippen molar-refractivity contribution in [1.29, 1.82) is 0 Å². The molecule has 0 aliphatic carbocycles. The third kappa shape index (κ3) is 2.75. The first-order valence-electron chi connectivity index (χ1n) is 8.54. The molecule has 0 unspecified atom stereocenters. The smallest absolute Gasteiger partial charge is 0.324 e. The first-order valence-corrected chi connectivity index (χ1v) is 8.54. The Morgan fingerprint density at radius 1 is 1.04 bits per heavy atom. The predicted octanol–water partition coefficient (Wildman–Crippen LogP) is 2.94. The van der Waals surface area contributed by atoms with E-state index in [1.807, 2.05) is 6.92 Å². The van der Waals surface area contributed by atoms with Crippen LogP contribution in [-0.2, 0) is 11.3 Å². The molecule has 0 fully saturated rings. The lowest BCUT2D eigenvalue weighted by atomic mass is 10.1. The molecule has 1 aromatic heterocycles. The van der Waals surface area contributed by atoms with Crippen molar-refractivity contribution in [3.8, 4) is 5.69 Å². The number of hydrogen-bond donors (Lipinski definition) is 0. The maximum absolute atomic E-state index is 13.2. The van der Waals surface area contributed by atoms with Gasteiger partial charge < -0.3 is 4.84 Å². The number of nitrogens with zero attached hydrogens (tertiary/aromatic N) is 3. The molecule has 0 saturated carbocycles. The molecule has 0 saturated heterocycles. The number of halogens is 1. The largest absolute Gasteiger partial charge is 0.367 e. The normalized spacial score (nSPS) is 13.0. The quantitative estimate of drug-likeness (QED) is 0.651. The van der Waals surface area contributed by atoms with Gasteiger partial charge in [-0.3, -0.25) is 9.59 Å². The molecule has 28 heavy (non-hydrogen) atoms. The van der Waals surface area contributed by atoms with Crippen molar-refractivity contribution >= 4 is 17.8 Å². The number of carbonyl (C=O) groups excluding carboxylic acids is 3. The molecule has 4 rings (SSSR count). The Kier molecular flexibility index (Phi) is 4.23. The van der Waals surface area contributed by atoms with Gasteiger partial charge >= 0.3 is 5.97 Å². The number of imide groups is 1. The summed E-state index contributed by atoms with van der Waals surface area (Å²) < 4.78 is 14.6. The Hall–Kier alpha value is -3.81. The van der Waals surface area contributed by atoms with Gasteiger partial charge in [0.05, 0.1) is 28.7 Å². The molecular weight excluding hydrogens is 365 g/mol. The minimum atomic E-state index is -0.875. The zero-order chi connectivity index (χ0) is 19.8. The Balaban J connectivity index is 1.62. The minimum Gasteiger partial charge on any atom is -0.324 e. The van der Waals surface area contributed by atoms with Crippen LogP contribution in [0.4, 0.5) is 4.39 Å². The maximum Gasteiger partial charge on any atom is 0.367 e. The average Bonchev–Trinajstić information content (AvgIpc) is 3.24. The molecule has 7 nitrogen and oxygen atoms in total. The molecule has 0 atom stereocenters. The van der Waals surface area contributed by atoms with Crippen LogP contribution in [0.25, 0.3) is 5.69 Å². The van der Waals surface area contributed by atoms with E-state index in [4.69, 9.17) is 4.84 Å². The van der Waals surface area contributed by atoms with Crippen LogP contribution in [-0.4, -0.2) is 32.6 Å². The Morgan fingerprint density at radius 3 is 2.21 bits per heavy atom. The minimum absolute atomic E-state index is 0.114. The zero-order valence-electron chi connectivity index (χ0n) is 14.8. The third-order valence-electron chi connectivity index (χ3n) is 4.43. The predicted molar refractivity (Wildman–Crippen MR) is 95.3 cm³/mol. The van der Waals surface area contributed by atoms with Gasteiger partial charge in [-0.15, -0.1) is 0 Å². The van der Waals surface area contributed by atoms with Crippen LogP contribution in [0.15, 0.2) is 54.7 Å². The van der Waals surface area contributed by atoms with Crippen molar-refractivity contribution in [1.82, 2.24) is 14.8 Å². The first-order chi connectivity index (χ1) is 13.5. The lowest BCUT2D eigenvalue weighted by Crippen LogP contribution is -2.32. The second-order valence-corrected chi connectivity index (χ2v) is 6.08. The van der Waals surface area contributed by atoms with Crippen molar-refractivity contribution in [2.24, 2.45) is 0 Å². The first kappa shape index (κ1) is 17.6. The van der Waals surface area contributed by atoms with Crippen molar-refractivity contribution in [2.45, 2.75) is 13.3 Å². The van der Waals surface area contributed by atoms with E-state index in [2.05, 4.69) is 5.10 Å². The molecule has 8 heteroatoms. The summed E-state index contributed by atoms with van der Waals surface area (Å²) in [5, 5.41) is 4.63. The molecule has 0 spiro atoms. The summed E-state index contributed by atoms with van der Waals surface area (Å²) >= 11 is 0. The molecule has 2 amide bonds. The van der Waals surface area contributed by atoms with Crippen molar-refractivity contribution in [3.05, 3.63) is 82.9 Å². The number of benzene rings is 2. The zero-order valence-corrected chi connectivity index (χ0v) is 14.8. The number of amides is 2. The van der Waals surface area contributed by atoms with Crippen LogP contribution < -0.4 is 0 Å². The summed E-state index contributed by atoms with van der Waals surface area (Å²) in [5.74, 6) is -2.66. The van der Waals surface area contributed by atoms with E-state index < -0.39 is 17.8 Å². The second-order valence-electron chi connectivity index (χ2n) is 6.08. The van der Waals surface area contributed by atoms with Gasteiger partial charge in [0.1, 0.15) is 11.4 Å². The van der Waals surface area contributed by atoms with E-state index in [0.717, 1.165) is 0 Å². The van der Waals surface area contributed by atoms with Crippen LogP contribution in [0.5, 0.6) is 0 Å². The summed E-state index contributed by atoms with van der Waals surface area (Å²) in [7, 11) is 0. The van der Waals surface area contributed by atoms with E-state index in [0.29, 0.717) is 22.9 Å². The fourth-order valence-electron chi connectivity index (χ4n) is 3.07. The molecule has 2 aromatic carbocycles. The van der Waals surface area contributed by atoms with Gasteiger partial charge in [-0.2, -0.15) is 5.10 Å². The fourth-order valence-corrected chi connectivity index (χ4v) is 3.07. The SMILES string of the molecule is CCc1c(C(=O)ON2C(=O)c3ccccc3C2=O)cnn1-c1ccc(F)cc1. The summed E-state index contributed by atoms with van der Waals surface area (Å²) in [6, 6.07) is 11.9. The molecule has 1 aliphatic rings. The molecule has 2 heterocycles. The summed E-state index contributed by atoms with van der Waals surface area (Å²) in [6.45, 7) is 1.82. The van der Waals surface area contributed by atoms with Gasteiger partial charge in [-0.05, 0) is 42.8 Å². The number of fused-ring (bicyclic) bond motifs is 1. The van der Waals surface area contributed by atoms with Gasteiger partial charge in [-0.1, -0.05) is 24.1 Å². The monoisotopic (exact) mass is 379 g/mol. The van der Waals surface area contributed by atoms with Gasteiger partial charge in [0.25, 0.3) is 11.8 Å². The molecule has 1 aliphatic heterocycles. The number of aromatic nitrogens is 2. The Morgan fingerprint density at radius 2 is 1.64 bits per heavy atom. The third-order valence-corrected chi connectivity index (χ3v) is 4.43. The van der Waals surface area contributed by atoms with Crippen LogP contribution in [0.3, 0.4) is 0 Å². The fraction of sp³-hybridized carbons (Fsp3) is 0.100. The van der Waals surface area contributed by atoms with Crippen LogP contribution in [0.2, 0.25) is 0 Å². The molecule has 0 bridgehead atoms. The highest BCUT2D eigenvalue weighted by atomic mass is 19.1. The average molecular weight is 379 g/mol. The lowest BCUT2D eigenvalue weighted by molar-refractivity contribution is -0.0585. The highest BCUT2D eigenvalue weighted by molar-refractivity contribution is 6.21. The summed E-state index contributed by atoms with van der Waals surface area (Å²) in [4.78, 5) is 42.5. The number of rotatable bonds is 4. The Labute approximate surface area is 158 Å². The summed E-state index contributed by atoms with van der Waals surface area (Å²) in [5.41, 5.74) is 1.55. The lowest BCUT2D eigenvalue weighted by Gasteiger charge is -2.13. The maximum atomic E-state index is 13.2. The molecule has 3 aromatic rings. The molecule has 140 valence electrons. The van der Waals surface area contributed by atoms with E-state index >= 15 is 0 Å². The molecule has 0 N–H and O–H groups in total. The number of hydroxylamine groups is 2. The van der Waals surface area contributed by atoms with Crippen molar-refractivity contribution in [3.63, 3.8) is 0 Å². The number of carbonyl (C=O) groups is 3. The highest BCUT2D eigenvalue weighted by Gasteiger charge is 2.39. The van der Waals surface area contributed by atoms with Gasteiger partial charge in [-0.25, -0.2) is 13.9 Å². The topological polar surface area (TPSA) is 81.5 Å². The van der Waals surface area contributed by atoms with Crippen LogP contribution in [0.1, 0.15) is 43.7 Å². The Bertz CT molecular complexity index is 1070. The van der Waals surface area contributed by atoms with Crippen LogP contribution >= 0.6 is 0 Å². The van der Waals surface area contributed by atoms with Gasteiger partial charge in [0, 0.05) is 0 Å². The van der Waals surface area contributed by atoms with Gasteiger partial charge in [0.2, 0.25) is 0 Å². The molecule has 0 radical (unpaired) electrons. The highest BCUT2D eigenvalue weighted by Crippen LogP contribution is 2.24. The number of hydrogen-bond acceptors (Lipinski definition) is 5. The van der Waals surface area contributed by atoms with Crippen molar-refractivity contribution in [2.75, 3.05) is 0 Å².